The lowest BCUT2D eigenvalue weighted by molar-refractivity contribution is -0.121. The van der Waals surface area contributed by atoms with Gasteiger partial charge in [-0.25, -0.2) is 4.39 Å². The third-order valence-electron chi connectivity index (χ3n) is 3.99. The summed E-state index contributed by atoms with van der Waals surface area (Å²) in [5, 5.41) is 13.2. The SMILES string of the molecule is O=C(Cc1c[nH]c2cc(F)ccc12)NC(CO)Cc1ccccc1. The van der Waals surface area contributed by atoms with Gasteiger partial charge in [-0.2, -0.15) is 0 Å². The quantitative estimate of drug-likeness (QED) is 0.652. The van der Waals surface area contributed by atoms with Crippen molar-refractivity contribution in [3.63, 3.8) is 0 Å². The molecule has 3 aromatic rings. The van der Waals surface area contributed by atoms with Crippen molar-refractivity contribution in [1.82, 2.24) is 10.3 Å². The Balaban J connectivity index is 1.65. The van der Waals surface area contributed by atoms with Crippen LogP contribution in [0.3, 0.4) is 0 Å². The van der Waals surface area contributed by atoms with Gasteiger partial charge in [0.2, 0.25) is 5.91 Å². The molecule has 124 valence electrons. The number of aliphatic hydroxyl groups excluding tert-OH is 1. The third-order valence-corrected chi connectivity index (χ3v) is 3.99. The van der Waals surface area contributed by atoms with Crippen LogP contribution in [-0.4, -0.2) is 28.6 Å². The number of hydrogen-bond donors (Lipinski definition) is 3. The summed E-state index contributed by atoms with van der Waals surface area (Å²) in [5.41, 5.74) is 2.53. The lowest BCUT2D eigenvalue weighted by atomic mass is 10.1. The summed E-state index contributed by atoms with van der Waals surface area (Å²) in [6.07, 6.45) is 2.47. The van der Waals surface area contributed by atoms with E-state index in [1.165, 1.54) is 12.1 Å². The molecule has 1 heterocycles. The summed E-state index contributed by atoms with van der Waals surface area (Å²) in [5.74, 6) is -0.487. The van der Waals surface area contributed by atoms with Gasteiger partial charge in [-0.1, -0.05) is 30.3 Å². The molecule has 0 fully saturated rings. The number of hydrogen-bond acceptors (Lipinski definition) is 2. The second-order valence-electron chi connectivity index (χ2n) is 5.82. The van der Waals surface area contributed by atoms with Gasteiger partial charge in [0.1, 0.15) is 5.82 Å². The van der Waals surface area contributed by atoms with Gasteiger partial charge >= 0.3 is 0 Å². The normalized spacial score (nSPS) is 12.2. The molecule has 4 nitrogen and oxygen atoms in total. The molecule has 1 aromatic heterocycles. The summed E-state index contributed by atoms with van der Waals surface area (Å²) in [7, 11) is 0. The number of H-pyrrole nitrogens is 1. The zero-order valence-electron chi connectivity index (χ0n) is 13.1. The van der Waals surface area contributed by atoms with E-state index in [-0.39, 0.29) is 30.8 Å². The van der Waals surface area contributed by atoms with E-state index < -0.39 is 0 Å². The average Bonchev–Trinajstić information content (AvgIpc) is 2.97. The fraction of sp³-hybridized carbons (Fsp3) is 0.211. The molecule has 3 rings (SSSR count). The van der Waals surface area contributed by atoms with E-state index in [1.54, 1.807) is 12.3 Å². The minimum Gasteiger partial charge on any atom is -0.394 e. The fourth-order valence-corrected chi connectivity index (χ4v) is 2.82. The van der Waals surface area contributed by atoms with Gasteiger partial charge in [0.05, 0.1) is 19.1 Å². The Labute approximate surface area is 139 Å². The second kappa shape index (κ2) is 7.27. The number of fused-ring (bicyclic) bond motifs is 1. The van der Waals surface area contributed by atoms with Crippen molar-refractivity contribution in [3.05, 3.63) is 71.7 Å². The largest absolute Gasteiger partial charge is 0.394 e. The fourth-order valence-electron chi connectivity index (χ4n) is 2.82. The summed E-state index contributed by atoms with van der Waals surface area (Å²) in [6.45, 7) is -0.125. The Morgan fingerprint density at radius 3 is 2.75 bits per heavy atom. The third kappa shape index (κ3) is 3.81. The number of aromatic amines is 1. The molecule has 0 saturated carbocycles. The number of halogens is 1. The molecule has 3 N–H and O–H groups in total. The standard InChI is InChI=1S/C19H19FN2O2/c20-15-6-7-17-14(11-21-18(17)10-15)9-19(24)22-16(12-23)8-13-4-2-1-3-5-13/h1-7,10-11,16,21,23H,8-9,12H2,(H,22,24). The Hall–Kier alpha value is -2.66. The number of nitrogens with one attached hydrogen (secondary N) is 2. The van der Waals surface area contributed by atoms with Crippen LogP contribution in [0.1, 0.15) is 11.1 Å². The molecule has 1 unspecified atom stereocenters. The molecule has 0 aliphatic carbocycles. The monoisotopic (exact) mass is 326 g/mol. The highest BCUT2D eigenvalue weighted by Crippen LogP contribution is 2.19. The van der Waals surface area contributed by atoms with E-state index in [4.69, 9.17) is 0 Å². The first-order valence-electron chi connectivity index (χ1n) is 7.85. The smallest absolute Gasteiger partial charge is 0.224 e. The summed E-state index contributed by atoms with van der Waals surface area (Å²) < 4.78 is 13.2. The molecule has 2 aromatic carbocycles. The van der Waals surface area contributed by atoms with E-state index in [2.05, 4.69) is 10.3 Å². The van der Waals surface area contributed by atoms with Crippen LogP contribution < -0.4 is 5.32 Å². The molecule has 5 heteroatoms. The van der Waals surface area contributed by atoms with Crippen molar-refractivity contribution >= 4 is 16.8 Å². The minimum atomic E-state index is -0.331. The van der Waals surface area contributed by atoms with Crippen molar-refractivity contribution in [1.29, 1.82) is 0 Å². The van der Waals surface area contributed by atoms with Gasteiger partial charge in [-0.3, -0.25) is 4.79 Å². The molecule has 0 aliphatic heterocycles. The van der Waals surface area contributed by atoms with Crippen LogP contribution in [-0.2, 0) is 17.6 Å². The number of rotatable bonds is 6. The summed E-state index contributed by atoms with van der Waals surface area (Å²) in [4.78, 5) is 15.2. The highest BCUT2D eigenvalue weighted by Gasteiger charge is 2.14. The number of amides is 1. The topological polar surface area (TPSA) is 65.1 Å². The van der Waals surface area contributed by atoms with Crippen LogP contribution in [0.4, 0.5) is 4.39 Å². The number of carbonyl (C=O) groups excluding carboxylic acids is 1. The van der Waals surface area contributed by atoms with Crippen LogP contribution in [0.5, 0.6) is 0 Å². The first-order chi connectivity index (χ1) is 11.7. The van der Waals surface area contributed by atoms with Gasteiger partial charge in [0.25, 0.3) is 0 Å². The predicted molar refractivity (Wildman–Crippen MR) is 91.1 cm³/mol. The van der Waals surface area contributed by atoms with E-state index in [9.17, 15) is 14.3 Å². The highest BCUT2D eigenvalue weighted by molar-refractivity contribution is 5.89. The first-order valence-corrected chi connectivity index (χ1v) is 7.85. The van der Waals surface area contributed by atoms with E-state index in [0.29, 0.717) is 11.9 Å². The predicted octanol–water partition coefficient (Wildman–Crippen LogP) is 2.57. The van der Waals surface area contributed by atoms with Crippen molar-refractivity contribution in [2.24, 2.45) is 0 Å². The van der Waals surface area contributed by atoms with E-state index in [0.717, 1.165) is 16.5 Å². The molecule has 24 heavy (non-hydrogen) atoms. The van der Waals surface area contributed by atoms with Crippen molar-refractivity contribution in [2.75, 3.05) is 6.61 Å². The Kier molecular flexibility index (Phi) is 4.91. The number of benzene rings is 2. The molecule has 1 atom stereocenters. The first kappa shape index (κ1) is 16.2. The molecule has 0 spiro atoms. The molecule has 0 radical (unpaired) electrons. The number of aliphatic hydroxyl groups is 1. The van der Waals surface area contributed by atoms with Crippen LogP contribution in [0.2, 0.25) is 0 Å². The van der Waals surface area contributed by atoms with Gasteiger partial charge in [0, 0.05) is 17.1 Å². The average molecular weight is 326 g/mol. The lowest BCUT2D eigenvalue weighted by Gasteiger charge is -2.16. The van der Waals surface area contributed by atoms with Crippen molar-refractivity contribution < 1.29 is 14.3 Å². The maximum Gasteiger partial charge on any atom is 0.224 e. The van der Waals surface area contributed by atoms with E-state index in [1.807, 2.05) is 30.3 Å². The summed E-state index contributed by atoms with van der Waals surface area (Å²) >= 11 is 0. The van der Waals surface area contributed by atoms with Crippen molar-refractivity contribution in [2.45, 2.75) is 18.9 Å². The molecular weight excluding hydrogens is 307 g/mol. The minimum absolute atomic E-state index is 0.125. The lowest BCUT2D eigenvalue weighted by Crippen LogP contribution is -2.39. The Bertz CT molecular complexity index is 830. The number of carbonyl (C=O) groups is 1. The molecule has 1 amide bonds. The van der Waals surface area contributed by atoms with Gasteiger partial charge < -0.3 is 15.4 Å². The second-order valence-corrected chi connectivity index (χ2v) is 5.82. The van der Waals surface area contributed by atoms with Crippen LogP contribution >= 0.6 is 0 Å². The van der Waals surface area contributed by atoms with E-state index >= 15 is 0 Å². The zero-order chi connectivity index (χ0) is 16.9. The Morgan fingerprint density at radius 2 is 2.00 bits per heavy atom. The van der Waals surface area contributed by atoms with Gasteiger partial charge in [-0.15, -0.1) is 0 Å². The molecule has 0 aliphatic rings. The highest BCUT2D eigenvalue weighted by atomic mass is 19.1. The molecule has 0 bridgehead atoms. The molecular formula is C19H19FN2O2. The van der Waals surface area contributed by atoms with Crippen LogP contribution in [0.15, 0.2) is 54.7 Å². The summed E-state index contributed by atoms with van der Waals surface area (Å²) in [6, 6.07) is 13.8. The van der Waals surface area contributed by atoms with Gasteiger partial charge in [0.15, 0.2) is 0 Å². The number of aromatic nitrogens is 1. The maximum atomic E-state index is 13.2. The van der Waals surface area contributed by atoms with Crippen LogP contribution in [0.25, 0.3) is 10.9 Å². The van der Waals surface area contributed by atoms with Gasteiger partial charge in [-0.05, 0) is 35.7 Å². The molecule has 0 saturated heterocycles. The zero-order valence-corrected chi connectivity index (χ0v) is 13.1. The Morgan fingerprint density at radius 1 is 1.21 bits per heavy atom. The maximum absolute atomic E-state index is 13.2. The van der Waals surface area contributed by atoms with Crippen molar-refractivity contribution in [3.8, 4) is 0 Å². The van der Waals surface area contributed by atoms with Crippen LogP contribution in [0, 0.1) is 5.82 Å².